The predicted octanol–water partition coefficient (Wildman–Crippen LogP) is 3.67. The van der Waals surface area contributed by atoms with E-state index in [2.05, 4.69) is 56.9 Å². The number of hydrogen-bond acceptors (Lipinski definition) is 4. The van der Waals surface area contributed by atoms with Gasteiger partial charge in [-0.05, 0) is 29.8 Å². The number of nitrogens with one attached hydrogen (secondary N) is 2. The molecule has 154 valence electrons. The molecule has 0 bridgehead atoms. The van der Waals surface area contributed by atoms with Crippen LogP contribution in [0.4, 0.5) is 11.4 Å². The third kappa shape index (κ3) is 6.54. The van der Waals surface area contributed by atoms with E-state index in [0.29, 0.717) is 19.8 Å². The fourth-order valence-electron chi connectivity index (χ4n) is 3.11. The molecule has 2 aromatic carbocycles. The number of rotatable bonds is 9. The van der Waals surface area contributed by atoms with E-state index in [4.69, 9.17) is 9.47 Å². The summed E-state index contributed by atoms with van der Waals surface area (Å²) in [7, 11) is 3.47. The Hall–Kier alpha value is -2.99. The minimum Gasteiger partial charge on any atom is -0.493 e. The molecule has 1 aliphatic rings. The maximum atomic E-state index is 5.77. The molecule has 2 N–H and O–H groups in total. The van der Waals surface area contributed by atoms with E-state index >= 15 is 0 Å². The van der Waals surface area contributed by atoms with Crippen LogP contribution >= 0.6 is 0 Å². The first-order valence-electron chi connectivity index (χ1n) is 9.97. The van der Waals surface area contributed by atoms with Gasteiger partial charge in [0, 0.05) is 64.3 Å². The van der Waals surface area contributed by atoms with E-state index in [-0.39, 0.29) is 0 Å². The van der Waals surface area contributed by atoms with Crippen LogP contribution in [0.1, 0.15) is 12.0 Å². The normalized spacial score (nSPS) is 13.6. The summed E-state index contributed by atoms with van der Waals surface area (Å²) in [5.74, 6) is 1.54. The summed E-state index contributed by atoms with van der Waals surface area (Å²) in [6, 6.07) is 16.5. The molecule has 0 saturated heterocycles. The summed E-state index contributed by atoms with van der Waals surface area (Å²) < 4.78 is 10.8. The van der Waals surface area contributed by atoms with Crippen LogP contribution in [0.2, 0.25) is 0 Å². The minimum atomic E-state index is 0.632. The van der Waals surface area contributed by atoms with Crippen molar-refractivity contribution >= 4 is 17.3 Å². The topological polar surface area (TPSA) is 58.1 Å². The summed E-state index contributed by atoms with van der Waals surface area (Å²) in [4.78, 5) is 6.67. The molecular formula is C23H30N4O2. The van der Waals surface area contributed by atoms with Gasteiger partial charge in [0.1, 0.15) is 5.75 Å². The van der Waals surface area contributed by atoms with Crippen molar-refractivity contribution in [3.63, 3.8) is 0 Å². The van der Waals surface area contributed by atoms with E-state index in [1.807, 2.05) is 24.3 Å². The zero-order valence-electron chi connectivity index (χ0n) is 17.2. The molecule has 0 aromatic heterocycles. The van der Waals surface area contributed by atoms with Gasteiger partial charge in [-0.1, -0.05) is 30.4 Å². The summed E-state index contributed by atoms with van der Waals surface area (Å²) in [6.07, 6.45) is 5.27. The molecule has 2 aromatic rings. The van der Waals surface area contributed by atoms with Gasteiger partial charge in [0.25, 0.3) is 0 Å². The van der Waals surface area contributed by atoms with Crippen molar-refractivity contribution in [3.8, 4) is 5.75 Å². The second-order valence-corrected chi connectivity index (χ2v) is 6.82. The van der Waals surface area contributed by atoms with Crippen LogP contribution in [0.3, 0.4) is 0 Å². The molecule has 0 fully saturated rings. The number of benzene rings is 2. The lowest BCUT2D eigenvalue weighted by Crippen LogP contribution is -2.30. The highest BCUT2D eigenvalue weighted by molar-refractivity contribution is 5.93. The van der Waals surface area contributed by atoms with Crippen LogP contribution in [-0.2, 0) is 11.3 Å². The largest absolute Gasteiger partial charge is 0.493 e. The summed E-state index contributed by atoms with van der Waals surface area (Å²) in [5, 5.41) is 6.70. The van der Waals surface area contributed by atoms with Crippen molar-refractivity contribution in [1.29, 1.82) is 0 Å². The van der Waals surface area contributed by atoms with Crippen LogP contribution in [-0.4, -0.2) is 46.4 Å². The fourth-order valence-corrected chi connectivity index (χ4v) is 3.11. The van der Waals surface area contributed by atoms with Crippen molar-refractivity contribution in [2.45, 2.75) is 13.0 Å². The van der Waals surface area contributed by atoms with Crippen molar-refractivity contribution in [3.05, 3.63) is 66.2 Å². The lowest BCUT2D eigenvalue weighted by molar-refractivity contribution is 0.172. The molecule has 0 saturated carbocycles. The standard InChI is InChI=1S/C23H30N4O2/c1-24-23(26-20-9-6-11-22(17-20)29-15-7-14-28-2)25-18-19-8-5-10-21(16-19)27-12-3-4-13-27/h3-6,8-11,16-17H,7,12-15,18H2,1-2H3,(H2,24,25,26). The lowest BCUT2D eigenvalue weighted by Gasteiger charge is -2.19. The Bertz CT molecular complexity index is 827. The SMILES string of the molecule is CN=C(NCc1cccc(N2CC=CC2)c1)Nc1cccc(OCCCOC)c1. The first-order valence-corrected chi connectivity index (χ1v) is 9.97. The quantitative estimate of drug-likeness (QED) is 0.294. The fraction of sp³-hybridized carbons (Fsp3) is 0.348. The molecule has 6 nitrogen and oxygen atoms in total. The average Bonchev–Trinajstić information content (AvgIpc) is 3.30. The molecule has 0 spiro atoms. The monoisotopic (exact) mass is 394 g/mol. The van der Waals surface area contributed by atoms with Crippen LogP contribution in [0, 0.1) is 0 Å². The van der Waals surface area contributed by atoms with E-state index < -0.39 is 0 Å². The van der Waals surface area contributed by atoms with Crippen LogP contribution in [0.25, 0.3) is 0 Å². The van der Waals surface area contributed by atoms with Gasteiger partial charge >= 0.3 is 0 Å². The smallest absolute Gasteiger partial charge is 0.195 e. The molecule has 0 unspecified atom stereocenters. The number of methoxy groups -OCH3 is 1. The zero-order valence-corrected chi connectivity index (χ0v) is 17.2. The third-order valence-corrected chi connectivity index (χ3v) is 4.64. The third-order valence-electron chi connectivity index (χ3n) is 4.64. The highest BCUT2D eigenvalue weighted by Gasteiger charge is 2.08. The molecule has 29 heavy (non-hydrogen) atoms. The Kier molecular flexibility index (Phi) is 7.95. The first-order chi connectivity index (χ1) is 14.3. The van der Waals surface area contributed by atoms with Crippen LogP contribution < -0.4 is 20.3 Å². The number of anilines is 2. The molecular weight excluding hydrogens is 364 g/mol. The lowest BCUT2D eigenvalue weighted by atomic mass is 10.2. The second kappa shape index (κ2) is 11.1. The van der Waals surface area contributed by atoms with E-state index in [1.165, 1.54) is 11.3 Å². The van der Waals surface area contributed by atoms with Gasteiger partial charge in [0.2, 0.25) is 0 Å². The molecule has 0 radical (unpaired) electrons. The van der Waals surface area contributed by atoms with Crippen molar-refractivity contribution in [2.24, 2.45) is 4.99 Å². The highest BCUT2D eigenvalue weighted by atomic mass is 16.5. The molecule has 1 aliphatic heterocycles. The van der Waals surface area contributed by atoms with Crippen molar-refractivity contribution in [1.82, 2.24) is 5.32 Å². The summed E-state index contributed by atoms with van der Waals surface area (Å²) in [5.41, 5.74) is 3.39. The number of ether oxygens (including phenoxy) is 2. The second-order valence-electron chi connectivity index (χ2n) is 6.82. The molecule has 0 amide bonds. The zero-order chi connectivity index (χ0) is 20.3. The van der Waals surface area contributed by atoms with E-state index in [1.54, 1.807) is 14.2 Å². The average molecular weight is 395 g/mol. The van der Waals surface area contributed by atoms with Crippen molar-refractivity contribution in [2.75, 3.05) is 50.7 Å². The molecule has 3 rings (SSSR count). The number of hydrogen-bond donors (Lipinski definition) is 2. The van der Waals surface area contributed by atoms with Gasteiger partial charge in [-0.25, -0.2) is 0 Å². The van der Waals surface area contributed by atoms with Gasteiger partial charge < -0.3 is 25.0 Å². The Morgan fingerprint density at radius 2 is 1.90 bits per heavy atom. The Balaban J connectivity index is 1.52. The molecule has 0 atom stereocenters. The Morgan fingerprint density at radius 3 is 2.69 bits per heavy atom. The maximum absolute atomic E-state index is 5.77. The minimum absolute atomic E-state index is 0.632. The van der Waals surface area contributed by atoms with Gasteiger partial charge in [0.05, 0.1) is 6.61 Å². The van der Waals surface area contributed by atoms with Gasteiger partial charge in [0.15, 0.2) is 5.96 Å². The maximum Gasteiger partial charge on any atom is 0.195 e. The van der Waals surface area contributed by atoms with Gasteiger partial charge in [-0.2, -0.15) is 0 Å². The van der Waals surface area contributed by atoms with Crippen molar-refractivity contribution < 1.29 is 9.47 Å². The Morgan fingerprint density at radius 1 is 1.07 bits per heavy atom. The van der Waals surface area contributed by atoms with Crippen LogP contribution in [0.5, 0.6) is 5.75 Å². The van der Waals surface area contributed by atoms with Crippen LogP contribution in [0.15, 0.2) is 65.7 Å². The van der Waals surface area contributed by atoms with Gasteiger partial charge in [-0.3, -0.25) is 4.99 Å². The molecule has 1 heterocycles. The van der Waals surface area contributed by atoms with E-state index in [0.717, 1.165) is 36.9 Å². The first kappa shape index (κ1) is 20.7. The summed E-state index contributed by atoms with van der Waals surface area (Å²) in [6.45, 7) is 3.98. The number of aliphatic imine (C=N–C) groups is 1. The molecule has 6 heteroatoms. The van der Waals surface area contributed by atoms with E-state index in [9.17, 15) is 0 Å². The number of guanidine groups is 1. The highest BCUT2D eigenvalue weighted by Crippen LogP contribution is 2.19. The predicted molar refractivity (Wildman–Crippen MR) is 120 cm³/mol. The Labute approximate surface area is 173 Å². The molecule has 0 aliphatic carbocycles. The summed E-state index contributed by atoms with van der Waals surface area (Å²) >= 11 is 0. The number of nitrogens with zero attached hydrogens (tertiary/aromatic N) is 2. The van der Waals surface area contributed by atoms with Gasteiger partial charge in [-0.15, -0.1) is 0 Å².